The molecule has 0 radical (unpaired) electrons. The summed E-state index contributed by atoms with van der Waals surface area (Å²) in [4.78, 5) is 12.3. The van der Waals surface area contributed by atoms with Crippen LogP contribution in [-0.4, -0.2) is 15.7 Å². The first-order valence-electron chi connectivity index (χ1n) is 7.90. The van der Waals surface area contributed by atoms with Gasteiger partial charge in [-0.1, -0.05) is 31.4 Å². The predicted molar refractivity (Wildman–Crippen MR) is 90.6 cm³/mol. The van der Waals surface area contributed by atoms with E-state index in [-0.39, 0.29) is 17.6 Å². The van der Waals surface area contributed by atoms with Crippen molar-refractivity contribution in [2.75, 3.05) is 5.32 Å². The van der Waals surface area contributed by atoms with Crippen molar-refractivity contribution in [3.63, 3.8) is 0 Å². The summed E-state index contributed by atoms with van der Waals surface area (Å²) in [6.07, 6.45) is 7.20. The topological polar surface area (TPSA) is 46.9 Å². The highest BCUT2D eigenvalue weighted by Crippen LogP contribution is 2.27. The lowest BCUT2D eigenvalue weighted by atomic mass is 9.89. The van der Waals surface area contributed by atoms with E-state index in [2.05, 4.69) is 26.3 Å². The van der Waals surface area contributed by atoms with Crippen molar-refractivity contribution < 1.29 is 9.18 Å². The molecule has 1 saturated carbocycles. The maximum absolute atomic E-state index is 12.9. The Morgan fingerprint density at radius 1 is 1.26 bits per heavy atom. The lowest BCUT2D eigenvalue weighted by molar-refractivity contribution is -0.120. The van der Waals surface area contributed by atoms with Gasteiger partial charge in [-0.3, -0.25) is 9.48 Å². The van der Waals surface area contributed by atoms with Gasteiger partial charge in [0, 0.05) is 12.1 Å². The third kappa shape index (κ3) is 4.19. The van der Waals surface area contributed by atoms with Crippen molar-refractivity contribution in [2.24, 2.45) is 5.92 Å². The molecule has 1 N–H and O–H groups in total. The maximum Gasteiger partial charge on any atom is 0.228 e. The molecule has 0 atom stereocenters. The number of nitrogens with zero attached hydrogens (tertiary/aromatic N) is 2. The third-order valence-electron chi connectivity index (χ3n) is 4.19. The van der Waals surface area contributed by atoms with Crippen LogP contribution in [0.1, 0.15) is 37.7 Å². The van der Waals surface area contributed by atoms with E-state index >= 15 is 0 Å². The summed E-state index contributed by atoms with van der Waals surface area (Å²) in [5.74, 6) is 0.439. The first-order chi connectivity index (χ1) is 11.1. The molecular formula is C17H19BrFN3O. The van der Waals surface area contributed by atoms with Crippen LogP contribution in [0.25, 0.3) is 0 Å². The molecular weight excluding hydrogens is 361 g/mol. The minimum Gasteiger partial charge on any atom is -0.308 e. The van der Waals surface area contributed by atoms with Crippen molar-refractivity contribution in [3.8, 4) is 0 Å². The Kier molecular flexibility index (Phi) is 5.10. The van der Waals surface area contributed by atoms with Gasteiger partial charge in [0.25, 0.3) is 0 Å². The molecule has 1 aliphatic rings. The van der Waals surface area contributed by atoms with Crippen LogP contribution in [0.15, 0.2) is 34.9 Å². The van der Waals surface area contributed by atoms with Crippen LogP contribution in [0.3, 0.4) is 0 Å². The summed E-state index contributed by atoms with van der Waals surface area (Å²) in [6, 6.07) is 6.32. The number of amides is 1. The Morgan fingerprint density at radius 3 is 2.65 bits per heavy atom. The molecule has 1 aromatic heterocycles. The molecule has 0 unspecified atom stereocenters. The molecule has 23 heavy (non-hydrogen) atoms. The summed E-state index contributed by atoms with van der Waals surface area (Å²) < 4.78 is 15.4. The average molecular weight is 380 g/mol. The number of hydrogen-bond acceptors (Lipinski definition) is 2. The van der Waals surface area contributed by atoms with E-state index in [4.69, 9.17) is 0 Å². The van der Waals surface area contributed by atoms with Crippen LogP contribution < -0.4 is 5.32 Å². The molecule has 0 saturated heterocycles. The summed E-state index contributed by atoms with van der Waals surface area (Å²) in [6.45, 7) is 0.526. The second-order valence-corrected chi connectivity index (χ2v) is 6.83. The van der Waals surface area contributed by atoms with Gasteiger partial charge in [0.1, 0.15) is 5.82 Å². The van der Waals surface area contributed by atoms with Crippen molar-refractivity contribution in [2.45, 2.75) is 38.6 Å². The largest absolute Gasteiger partial charge is 0.308 e. The second-order valence-electron chi connectivity index (χ2n) is 5.97. The van der Waals surface area contributed by atoms with Gasteiger partial charge >= 0.3 is 0 Å². The molecule has 1 aromatic carbocycles. The SMILES string of the molecule is O=C(Nc1nn(Cc2ccc(F)cc2)cc1Br)C1CCCCC1. The molecule has 0 spiro atoms. The molecule has 1 aliphatic carbocycles. The van der Waals surface area contributed by atoms with E-state index in [1.807, 2.05) is 6.20 Å². The molecule has 4 nitrogen and oxygen atoms in total. The Hall–Kier alpha value is -1.69. The van der Waals surface area contributed by atoms with Gasteiger partial charge in [-0.15, -0.1) is 0 Å². The molecule has 3 rings (SSSR count). The van der Waals surface area contributed by atoms with Crippen molar-refractivity contribution in [1.82, 2.24) is 9.78 Å². The summed E-state index contributed by atoms with van der Waals surface area (Å²) in [5.41, 5.74) is 0.951. The number of halogens is 2. The number of carbonyl (C=O) groups excluding carboxylic acids is 1. The Labute approximate surface area is 143 Å². The molecule has 0 bridgehead atoms. The zero-order valence-electron chi connectivity index (χ0n) is 12.8. The van der Waals surface area contributed by atoms with E-state index < -0.39 is 0 Å². The van der Waals surface area contributed by atoms with Gasteiger partial charge in [-0.2, -0.15) is 5.10 Å². The third-order valence-corrected chi connectivity index (χ3v) is 4.77. The monoisotopic (exact) mass is 379 g/mol. The molecule has 122 valence electrons. The van der Waals surface area contributed by atoms with Crippen LogP contribution >= 0.6 is 15.9 Å². The van der Waals surface area contributed by atoms with Crippen molar-refractivity contribution >= 4 is 27.7 Å². The van der Waals surface area contributed by atoms with E-state index in [1.54, 1.807) is 16.8 Å². The van der Waals surface area contributed by atoms with E-state index in [0.29, 0.717) is 12.4 Å². The van der Waals surface area contributed by atoms with E-state index in [0.717, 1.165) is 35.7 Å². The van der Waals surface area contributed by atoms with Crippen LogP contribution in [0, 0.1) is 11.7 Å². The number of carbonyl (C=O) groups is 1. The number of aromatic nitrogens is 2. The van der Waals surface area contributed by atoms with Crippen molar-refractivity contribution in [1.29, 1.82) is 0 Å². The minimum absolute atomic E-state index is 0.0532. The standard InChI is InChI=1S/C17H19BrFN3O/c18-15-11-22(10-12-6-8-14(19)9-7-12)21-16(15)20-17(23)13-4-2-1-3-5-13/h6-9,11,13H,1-5,10H2,(H,20,21,23). The fourth-order valence-corrected chi connectivity index (χ4v) is 3.34. The molecule has 1 amide bonds. The number of rotatable bonds is 4. The lowest BCUT2D eigenvalue weighted by Gasteiger charge is -2.20. The normalized spacial score (nSPS) is 15.6. The smallest absolute Gasteiger partial charge is 0.228 e. The molecule has 1 heterocycles. The molecule has 0 aliphatic heterocycles. The van der Waals surface area contributed by atoms with Crippen LogP contribution in [0.5, 0.6) is 0 Å². The first-order valence-corrected chi connectivity index (χ1v) is 8.69. The number of hydrogen-bond donors (Lipinski definition) is 1. The van der Waals surface area contributed by atoms with Gasteiger partial charge in [-0.05, 0) is 46.5 Å². The number of nitrogens with one attached hydrogen (secondary N) is 1. The summed E-state index contributed by atoms with van der Waals surface area (Å²) in [7, 11) is 0. The summed E-state index contributed by atoms with van der Waals surface area (Å²) >= 11 is 3.44. The number of benzene rings is 1. The summed E-state index contributed by atoms with van der Waals surface area (Å²) in [5, 5.41) is 7.32. The Morgan fingerprint density at radius 2 is 1.96 bits per heavy atom. The fraction of sp³-hybridized carbons (Fsp3) is 0.412. The maximum atomic E-state index is 12.9. The predicted octanol–water partition coefficient (Wildman–Crippen LogP) is 4.35. The molecule has 1 fully saturated rings. The molecule has 6 heteroatoms. The highest BCUT2D eigenvalue weighted by molar-refractivity contribution is 9.10. The Bertz CT molecular complexity index is 678. The van der Waals surface area contributed by atoms with Gasteiger partial charge in [-0.25, -0.2) is 4.39 Å². The second kappa shape index (κ2) is 7.25. The van der Waals surface area contributed by atoms with Crippen LogP contribution in [0.4, 0.5) is 10.2 Å². The highest BCUT2D eigenvalue weighted by Gasteiger charge is 2.22. The van der Waals surface area contributed by atoms with E-state index in [9.17, 15) is 9.18 Å². The zero-order chi connectivity index (χ0) is 16.2. The first kappa shape index (κ1) is 16.2. The lowest BCUT2D eigenvalue weighted by Crippen LogP contribution is -2.25. The van der Waals surface area contributed by atoms with Gasteiger partial charge in [0.2, 0.25) is 5.91 Å². The van der Waals surface area contributed by atoms with Crippen LogP contribution in [0.2, 0.25) is 0 Å². The van der Waals surface area contributed by atoms with E-state index in [1.165, 1.54) is 18.6 Å². The minimum atomic E-state index is -0.254. The Balaban J connectivity index is 1.65. The highest BCUT2D eigenvalue weighted by atomic mass is 79.9. The average Bonchev–Trinajstić information content (AvgIpc) is 2.90. The van der Waals surface area contributed by atoms with Gasteiger partial charge in [0.15, 0.2) is 5.82 Å². The zero-order valence-corrected chi connectivity index (χ0v) is 14.4. The number of anilines is 1. The van der Waals surface area contributed by atoms with Crippen molar-refractivity contribution in [3.05, 3.63) is 46.3 Å². The fourth-order valence-electron chi connectivity index (χ4n) is 2.92. The van der Waals surface area contributed by atoms with Gasteiger partial charge in [0.05, 0.1) is 11.0 Å². The quantitative estimate of drug-likeness (QED) is 0.857. The van der Waals surface area contributed by atoms with Gasteiger partial charge < -0.3 is 5.32 Å². The van der Waals surface area contributed by atoms with Crippen LogP contribution in [-0.2, 0) is 11.3 Å². The molecule has 2 aromatic rings.